The molecule has 92 valence electrons. The van der Waals surface area contributed by atoms with Crippen molar-refractivity contribution in [1.29, 1.82) is 0 Å². The molecule has 0 bridgehead atoms. The summed E-state index contributed by atoms with van der Waals surface area (Å²) in [6.45, 7) is 4.09. The van der Waals surface area contributed by atoms with Gasteiger partial charge in [0.15, 0.2) is 0 Å². The van der Waals surface area contributed by atoms with Crippen LogP contribution in [0.2, 0.25) is 0 Å². The SMILES string of the molecule is CCC1CCNC(C(=O)NCCC2CC2)C1. The molecule has 0 spiro atoms. The highest BCUT2D eigenvalue weighted by molar-refractivity contribution is 5.81. The van der Waals surface area contributed by atoms with E-state index >= 15 is 0 Å². The predicted molar refractivity (Wildman–Crippen MR) is 65.2 cm³/mol. The summed E-state index contributed by atoms with van der Waals surface area (Å²) in [6, 6.07) is 0.0675. The van der Waals surface area contributed by atoms with E-state index in [1.54, 1.807) is 0 Å². The van der Waals surface area contributed by atoms with E-state index < -0.39 is 0 Å². The van der Waals surface area contributed by atoms with Gasteiger partial charge in [0.1, 0.15) is 0 Å². The minimum atomic E-state index is 0.0675. The molecule has 0 radical (unpaired) electrons. The highest BCUT2D eigenvalue weighted by atomic mass is 16.2. The largest absolute Gasteiger partial charge is 0.355 e. The smallest absolute Gasteiger partial charge is 0.237 e. The Morgan fingerprint density at radius 2 is 2.12 bits per heavy atom. The summed E-state index contributed by atoms with van der Waals surface area (Å²) in [5.41, 5.74) is 0. The van der Waals surface area contributed by atoms with Crippen LogP contribution in [0.15, 0.2) is 0 Å². The Labute approximate surface area is 98.4 Å². The average molecular weight is 224 g/mol. The van der Waals surface area contributed by atoms with Crippen molar-refractivity contribution in [3.05, 3.63) is 0 Å². The van der Waals surface area contributed by atoms with Gasteiger partial charge >= 0.3 is 0 Å². The van der Waals surface area contributed by atoms with Crippen molar-refractivity contribution in [3.8, 4) is 0 Å². The molecule has 3 heteroatoms. The molecule has 1 amide bonds. The topological polar surface area (TPSA) is 41.1 Å². The molecule has 16 heavy (non-hydrogen) atoms. The summed E-state index contributed by atoms with van der Waals surface area (Å²) < 4.78 is 0. The molecule has 1 saturated carbocycles. The summed E-state index contributed by atoms with van der Waals surface area (Å²) in [4.78, 5) is 11.9. The molecule has 2 aliphatic rings. The van der Waals surface area contributed by atoms with E-state index in [9.17, 15) is 4.79 Å². The van der Waals surface area contributed by atoms with Crippen molar-refractivity contribution in [1.82, 2.24) is 10.6 Å². The third kappa shape index (κ3) is 3.48. The third-order valence-corrected chi connectivity index (χ3v) is 3.95. The number of hydrogen-bond donors (Lipinski definition) is 2. The van der Waals surface area contributed by atoms with Gasteiger partial charge in [0, 0.05) is 6.54 Å². The van der Waals surface area contributed by atoms with Gasteiger partial charge in [-0.2, -0.15) is 0 Å². The summed E-state index contributed by atoms with van der Waals surface area (Å²) in [5, 5.41) is 6.39. The number of carbonyl (C=O) groups is 1. The van der Waals surface area contributed by atoms with Gasteiger partial charge in [-0.05, 0) is 37.6 Å². The lowest BCUT2D eigenvalue weighted by molar-refractivity contribution is -0.124. The molecule has 3 nitrogen and oxygen atoms in total. The van der Waals surface area contributed by atoms with Crippen LogP contribution in [-0.4, -0.2) is 25.0 Å². The molecule has 2 unspecified atom stereocenters. The molecule has 1 heterocycles. The van der Waals surface area contributed by atoms with Crippen molar-refractivity contribution < 1.29 is 4.79 Å². The van der Waals surface area contributed by atoms with E-state index in [0.29, 0.717) is 0 Å². The van der Waals surface area contributed by atoms with Gasteiger partial charge in [0.2, 0.25) is 5.91 Å². The lowest BCUT2D eigenvalue weighted by atomic mass is 9.90. The fourth-order valence-electron chi connectivity index (χ4n) is 2.50. The Balaban J connectivity index is 1.66. The summed E-state index contributed by atoms with van der Waals surface area (Å²) >= 11 is 0. The Bertz CT molecular complexity index is 238. The van der Waals surface area contributed by atoms with Crippen LogP contribution in [0.3, 0.4) is 0 Å². The van der Waals surface area contributed by atoms with Crippen LogP contribution in [-0.2, 0) is 4.79 Å². The fraction of sp³-hybridized carbons (Fsp3) is 0.923. The molecule has 2 rings (SSSR count). The van der Waals surface area contributed by atoms with Crippen molar-refractivity contribution in [2.45, 2.75) is 51.5 Å². The van der Waals surface area contributed by atoms with E-state index in [4.69, 9.17) is 0 Å². The second-order valence-corrected chi connectivity index (χ2v) is 5.33. The van der Waals surface area contributed by atoms with Crippen LogP contribution >= 0.6 is 0 Å². The normalized spacial score (nSPS) is 30.1. The van der Waals surface area contributed by atoms with Crippen molar-refractivity contribution in [2.24, 2.45) is 11.8 Å². The summed E-state index contributed by atoms with van der Waals surface area (Å²) in [5.74, 6) is 1.86. The molecule has 2 N–H and O–H groups in total. The maximum absolute atomic E-state index is 11.9. The molecular formula is C13H24N2O. The van der Waals surface area contributed by atoms with Crippen molar-refractivity contribution >= 4 is 5.91 Å². The first-order chi connectivity index (χ1) is 7.79. The molecule has 1 aliphatic carbocycles. The van der Waals surface area contributed by atoms with Gasteiger partial charge in [-0.1, -0.05) is 26.2 Å². The van der Waals surface area contributed by atoms with Gasteiger partial charge in [0.25, 0.3) is 0 Å². The van der Waals surface area contributed by atoms with Gasteiger partial charge < -0.3 is 10.6 Å². The zero-order chi connectivity index (χ0) is 11.4. The van der Waals surface area contributed by atoms with Crippen LogP contribution in [0.5, 0.6) is 0 Å². The second-order valence-electron chi connectivity index (χ2n) is 5.33. The standard InChI is InChI=1S/C13H24N2O/c1-2-10-5-7-14-12(9-10)13(16)15-8-6-11-3-4-11/h10-12,14H,2-9H2,1H3,(H,15,16). The Morgan fingerprint density at radius 3 is 2.81 bits per heavy atom. The van der Waals surface area contributed by atoms with E-state index in [0.717, 1.165) is 31.3 Å². The van der Waals surface area contributed by atoms with E-state index in [1.807, 2.05) is 0 Å². The van der Waals surface area contributed by atoms with Crippen LogP contribution in [0.1, 0.15) is 45.4 Å². The maximum atomic E-state index is 11.9. The zero-order valence-corrected chi connectivity index (χ0v) is 10.3. The quantitative estimate of drug-likeness (QED) is 0.746. The molecule has 0 aromatic heterocycles. The molecule has 1 aliphatic heterocycles. The van der Waals surface area contributed by atoms with Crippen molar-refractivity contribution in [2.75, 3.05) is 13.1 Å². The second kappa shape index (κ2) is 5.67. The fourth-order valence-corrected chi connectivity index (χ4v) is 2.50. The van der Waals surface area contributed by atoms with E-state index in [1.165, 1.54) is 32.1 Å². The van der Waals surface area contributed by atoms with Gasteiger partial charge in [-0.15, -0.1) is 0 Å². The highest BCUT2D eigenvalue weighted by Gasteiger charge is 2.26. The number of rotatable bonds is 5. The number of piperidine rings is 1. The zero-order valence-electron chi connectivity index (χ0n) is 10.3. The minimum absolute atomic E-state index is 0.0675. The third-order valence-electron chi connectivity index (χ3n) is 3.95. The molecular weight excluding hydrogens is 200 g/mol. The summed E-state index contributed by atoms with van der Waals surface area (Å²) in [7, 11) is 0. The lowest BCUT2D eigenvalue weighted by Crippen LogP contribution is -2.48. The van der Waals surface area contributed by atoms with Crippen molar-refractivity contribution in [3.63, 3.8) is 0 Å². The van der Waals surface area contributed by atoms with Crippen LogP contribution in [0.4, 0.5) is 0 Å². The number of carbonyl (C=O) groups excluding carboxylic acids is 1. The Kier molecular flexibility index (Phi) is 4.22. The monoisotopic (exact) mass is 224 g/mol. The molecule has 0 aromatic rings. The van der Waals surface area contributed by atoms with Gasteiger partial charge in [-0.25, -0.2) is 0 Å². The number of hydrogen-bond acceptors (Lipinski definition) is 2. The van der Waals surface area contributed by atoms with E-state index in [2.05, 4.69) is 17.6 Å². The van der Waals surface area contributed by atoms with E-state index in [-0.39, 0.29) is 11.9 Å². The number of nitrogens with one attached hydrogen (secondary N) is 2. The molecule has 2 atom stereocenters. The summed E-state index contributed by atoms with van der Waals surface area (Å²) in [6.07, 6.45) is 7.36. The highest BCUT2D eigenvalue weighted by Crippen LogP contribution is 2.31. The molecule has 0 aromatic carbocycles. The van der Waals surface area contributed by atoms with Crippen LogP contribution in [0.25, 0.3) is 0 Å². The Hall–Kier alpha value is -0.570. The van der Waals surface area contributed by atoms with Gasteiger partial charge in [-0.3, -0.25) is 4.79 Å². The minimum Gasteiger partial charge on any atom is -0.355 e. The number of amides is 1. The van der Waals surface area contributed by atoms with Crippen LogP contribution < -0.4 is 10.6 Å². The average Bonchev–Trinajstić information content (AvgIpc) is 3.13. The first kappa shape index (κ1) is 11.9. The molecule has 2 fully saturated rings. The first-order valence-corrected chi connectivity index (χ1v) is 6.80. The Morgan fingerprint density at radius 1 is 1.31 bits per heavy atom. The molecule has 1 saturated heterocycles. The van der Waals surface area contributed by atoms with Gasteiger partial charge in [0.05, 0.1) is 6.04 Å². The van der Waals surface area contributed by atoms with Crippen LogP contribution in [0, 0.1) is 11.8 Å². The lowest BCUT2D eigenvalue weighted by Gasteiger charge is -2.28. The first-order valence-electron chi connectivity index (χ1n) is 6.80. The predicted octanol–water partition coefficient (Wildman–Crippen LogP) is 1.68. The maximum Gasteiger partial charge on any atom is 0.237 e.